The third-order valence-corrected chi connectivity index (χ3v) is 6.25. The van der Waals surface area contributed by atoms with Crippen LogP contribution < -0.4 is 5.32 Å². The Labute approximate surface area is 241 Å². The quantitative estimate of drug-likeness (QED) is 0.186. The number of methoxy groups -OCH3 is 1. The van der Waals surface area contributed by atoms with Gasteiger partial charge in [0.05, 0.1) is 31.7 Å². The summed E-state index contributed by atoms with van der Waals surface area (Å²) in [5.74, 6) is -0.468. The highest BCUT2D eigenvalue weighted by molar-refractivity contribution is 5.93. The van der Waals surface area contributed by atoms with Crippen molar-refractivity contribution < 1.29 is 47.3 Å². The number of anilines is 1. The normalized spacial score (nSPS) is 20.3. The van der Waals surface area contributed by atoms with Crippen molar-refractivity contribution >= 4 is 41.0 Å². The number of carbonyl (C=O) groups is 4. The van der Waals surface area contributed by atoms with Crippen LogP contribution in [-0.2, 0) is 38.1 Å². The van der Waals surface area contributed by atoms with Crippen LogP contribution in [0.3, 0.4) is 0 Å². The topological polar surface area (TPSA) is 170 Å². The standard InChI is InChI=1S/C27H34FN5O9/c1-9-27(12-39-22(35)14(2)3)16(40-23(36)15(4)5)10-17(41-27)33-13-29-19-20(30-24(28)32-21(19)33)31-25(37)42-26(6,7)11-18(34)38-8/h1,13-17H,10-12H2,2-8H3,(H,30,31,32,37)/t16-,17+,27+/m0/s1. The maximum atomic E-state index is 14.6. The molecule has 0 aromatic carbocycles. The van der Waals surface area contributed by atoms with Gasteiger partial charge in [0.2, 0.25) is 5.60 Å². The van der Waals surface area contributed by atoms with Crippen LogP contribution in [0.1, 0.15) is 60.6 Å². The number of fused-ring (bicyclic) bond motifs is 1. The molecule has 2 aromatic heterocycles. The molecule has 0 saturated carbocycles. The van der Waals surface area contributed by atoms with Gasteiger partial charge in [0, 0.05) is 6.42 Å². The lowest BCUT2D eigenvalue weighted by Crippen LogP contribution is -2.46. The van der Waals surface area contributed by atoms with E-state index in [2.05, 4.69) is 30.9 Å². The summed E-state index contributed by atoms with van der Waals surface area (Å²) in [6, 6.07) is 0. The predicted molar refractivity (Wildman–Crippen MR) is 143 cm³/mol. The molecule has 3 atom stereocenters. The number of nitrogens with one attached hydrogen (secondary N) is 1. The zero-order chi connectivity index (χ0) is 31.4. The van der Waals surface area contributed by atoms with E-state index in [-0.39, 0.29) is 29.8 Å². The number of hydrogen-bond donors (Lipinski definition) is 1. The molecule has 0 aliphatic carbocycles. The van der Waals surface area contributed by atoms with Crippen molar-refractivity contribution in [3.8, 4) is 12.3 Å². The monoisotopic (exact) mass is 591 g/mol. The Morgan fingerprint density at radius 1 is 1.21 bits per heavy atom. The van der Waals surface area contributed by atoms with Crippen LogP contribution in [0, 0.1) is 30.3 Å². The number of esters is 3. The van der Waals surface area contributed by atoms with Gasteiger partial charge in [-0.3, -0.25) is 24.3 Å². The summed E-state index contributed by atoms with van der Waals surface area (Å²) in [6.45, 7) is 9.15. The average molecular weight is 592 g/mol. The summed E-state index contributed by atoms with van der Waals surface area (Å²) in [4.78, 5) is 60.5. The van der Waals surface area contributed by atoms with Gasteiger partial charge in [-0.25, -0.2) is 9.78 Å². The lowest BCUT2D eigenvalue weighted by atomic mass is 9.98. The highest BCUT2D eigenvalue weighted by atomic mass is 19.1. The molecule has 1 aliphatic heterocycles. The number of ether oxygens (including phenoxy) is 5. The number of hydrogen-bond acceptors (Lipinski definition) is 12. The molecule has 2 aromatic rings. The Balaban J connectivity index is 1.92. The van der Waals surface area contributed by atoms with Crippen molar-refractivity contribution in [3.63, 3.8) is 0 Å². The highest BCUT2D eigenvalue weighted by Gasteiger charge is 2.52. The third kappa shape index (κ3) is 7.30. The Morgan fingerprint density at radius 3 is 2.48 bits per heavy atom. The van der Waals surface area contributed by atoms with E-state index in [1.165, 1.54) is 31.9 Å². The molecule has 1 fully saturated rings. The first-order valence-corrected chi connectivity index (χ1v) is 13.1. The van der Waals surface area contributed by atoms with Crippen LogP contribution in [0.25, 0.3) is 11.2 Å². The van der Waals surface area contributed by atoms with Gasteiger partial charge < -0.3 is 23.7 Å². The maximum Gasteiger partial charge on any atom is 0.413 e. The van der Waals surface area contributed by atoms with Gasteiger partial charge in [-0.05, 0) is 13.8 Å². The van der Waals surface area contributed by atoms with Crippen molar-refractivity contribution in [3.05, 3.63) is 12.4 Å². The fourth-order valence-electron chi connectivity index (χ4n) is 3.99. The fourth-order valence-corrected chi connectivity index (χ4v) is 3.99. The Hall–Kier alpha value is -4.32. The second kappa shape index (κ2) is 12.7. The molecule has 0 unspecified atom stereocenters. The minimum atomic E-state index is -1.67. The summed E-state index contributed by atoms with van der Waals surface area (Å²) < 4.78 is 42.9. The number of terminal acetylenes is 1. The minimum Gasteiger partial charge on any atom is -0.469 e. The van der Waals surface area contributed by atoms with Gasteiger partial charge in [0.15, 0.2) is 17.0 Å². The number of aromatic nitrogens is 4. The Morgan fingerprint density at radius 2 is 1.88 bits per heavy atom. The number of rotatable bonds is 10. The molecule has 3 rings (SSSR count). The number of halogens is 1. The molecule has 1 aliphatic rings. The smallest absolute Gasteiger partial charge is 0.413 e. The van der Waals surface area contributed by atoms with E-state index in [0.29, 0.717) is 0 Å². The van der Waals surface area contributed by atoms with Gasteiger partial charge >= 0.3 is 30.1 Å². The molecule has 0 spiro atoms. The van der Waals surface area contributed by atoms with Crippen molar-refractivity contribution in [2.45, 2.75) is 77.9 Å². The molecule has 0 bridgehead atoms. The largest absolute Gasteiger partial charge is 0.469 e. The molecule has 1 N–H and O–H groups in total. The van der Waals surface area contributed by atoms with E-state index < -0.39 is 72.1 Å². The van der Waals surface area contributed by atoms with Gasteiger partial charge in [0.25, 0.3) is 0 Å². The predicted octanol–water partition coefficient (Wildman–Crippen LogP) is 2.91. The molecule has 0 radical (unpaired) electrons. The second-order valence-electron chi connectivity index (χ2n) is 10.9. The van der Waals surface area contributed by atoms with Crippen LogP contribution in [-0.4, -0.2) is 74.5 Å². The third-order valence-electron chi connectivity index (χ3n) is 6.25. The summed E-state index contributed by atoms with van der Waals surface area (Å²) in [5, 5.41) is 2.31. The maximum absolute atomic E-state index is 14.6. The summed E-state index contributed by atoms with van der Waals surface area (Å²) in [7, 11) is 1.20. The summed E-state index contributed by atoms with van der Waals surface area (Å²) in [5.41, 5.74) is -3.03. The zero-order valence-electron chi connectivity index (χ0n) is 24.4. The van der Waals surface area contributed by atoms with E-state index in [0.717, 1.165) is 0 Å². The van der Waals surface area contributed by atoms with E-state index in [1.807, 2.05) is 0 Å². The SMILES string of the molecule is C#C[C@]1(COC(=O)C(C)C)O[C@@H](n2cnc3c(NC(=O)OC(C)(C)CC(=O)OC)nc(F)nc32)C[C@@H]1OC(=O)C(C)C. The van der Waals surface area contributed by atoms with Crippen LogP contribution in [0.5, 0.6) is 0 Å². The molecule has 1 amide bonds. The molecule has 228 valence electrons. The summed E-state index contributed by atoms with van der Waals surface area (Å²) in [6.07, 6.45) is 2.56. The van der Waals surface area contributed by atoms with E-state index in [4.69, 9.17) is 25.4 Å². The molecular weight excluding hydrogens is 557 g/mol. The van der Waals surface area contributed by atoms with Crippen LogP contribution >= 0.6 is 0 Å². The van der Waals surface area contributed by atoms with E-state index >= 15 is 0 Å². The van der Waals surface area contributed by atoms with Crippen LogP contribution in [0.4, 0.5) is 15.0 Å². The lowest BCUT2D eigenvalue weighted by molar-refractivity contribution is -0.170. The van der Waals surface area contributed by atoms with Crippen LogP contribution in [0.2, 0.25) is 0 Å². The Kier molecular flexibility index (Phi) is 9.72. The van der Waals surface area contributed by atoms with E-state index in [9.17, 15) is 23.6 Å². The average Bonchev–Trinajstić information content (AvgIpc) is 3.47. The second-order valence-corrected chi connectivity index (χ2v) is 10.9. The first-order valence-electron chi connectivity index (χ1n) is 13.1. The number of amides is 1. The molecule has 14 nitrogen and oxygen atoms in total. The van der Waals surface area contributed by atoms with Crippen molar-refractivity contribution in [1.82, 2.24) is 19.5 Å². The minimum absolute atomic E-state index is 0.0223. The molecular formula is C27H34FN5O9. The fraction of sp³-hybridized carbons (Fsp3) is 0.593. The lowest BCUT2D eigenvalue weighted by Gasteiger charge is -2.29. The number of nitrogens with zero attached hydrogens (tertiary/aromatic N) is 4. The van der Waals surface area contributed by atoms with Crippen LogP contribution in [0.15, 0.2) is 6.33 Å². The number of imidazole rings is 1. The number of carbonyl (C=O) groups excluding carboxylic acids is 4. The molecule has 42 heavy (non-hydrogen) atoms. The van der Waals surface area contributed by atoms with Crippen molar-refractivity contribution in [2.75, 3.05) is 19.0 Å². The zero-order valence-corrected chi connectivity index (χ0v) is 24.4. The molecule has 3 heterocycles. The first kappa shape index (κ1) is 32.2. The molecule has 1 saturated heterocycles. The van der Waals surface area contributed by atoms with Gasteiger partial charge in [-0.1, -0.05) is 33.6 Å². The van der Waals surface area contributed by atoms with E-state index in [1.54, 1.807) is 27.7 Å². The first-order chi connectivity index (χ1) is 19.6. The van der Waals surface area contributed by atoms with Gasteiger partial charge in [-0.2, -0.15) is 14.4 Å². The Bertz CT molecular complexity index is 1400. The van der Waals surface area contributed by atoms with Crippen molar-refractivity contribution in [1.29, 1.82) is 0 Å². The summed E-state index contributed by atoms with van der Waals surface area (Å²) >= 11 is 0. The van der Waals surface area contributed by atoms with Gasteiger partial charge in [-0.15, -0.1) is 6.42 Å². The van der Waals surface area contributed by atoms with Gasteiger partial charge in [0.1, 0.15) is 24.5 Å². The highest BCUT2D eigenvalue weighted by Crippen LogP contribution is 2.40. The van der Waals surface area contributed by atoms with Crippen molar-refractivity contribution in [2.24, 2.45) is 11.8 Å². The molecule has 15 heteroatoms.